The standard InChI is InChI=1S/C54H72N5O15PS4.3C16H36N/c1-38(2)59(39(3)4)75(74-31-13-26-55)73-30-10-9-29-72-43-19-12-18-42(34-43)51-40(20-24-49-53(5,6)47-36-45(79(69,70)71)37-57(52(47)56-49)27-14-32-76(60,61)62)16-11-17-41(51)21-25-50-54(7,8)46-35-44(78(66,67)68)22-23-48(46)58(50)28-15-33-77(63,64)65;3*1-5-9-13-17(14-10-6-2,15-11-7-3)16-12-8-4/h12,18-25,34-39H,9-11,13-17,27-33H2,1-8H3,(H3-,60,61,62,63,64,65,66,67,68,69,70,71);3*5-16H2,1-4H3/q;3*+1/p-3. The summed E-state index contributed by atoms with van der Waals surface area (Å²) in [5.74, 6) is -0.454. The fourth-order valence-electron chi connectivity index (χ4n) is 18.0. The summed E-state index contributed by atoms with van der Waals surface area (Å²) in [6.45, 7) is 61.7. The number of fused-ring (bicyclic) bond motifs is 2. The Kier molecular flexibility index (Phi) is 56.3. The largest absolute Gasteiger partial charge is 0.748 e. The van der Waals surface area contributed by atoms with Crippen molar-refractivity contribution in [1.82, 2.24) is 4.67 Å². The smallest absolute Gasteiger partial charge is 0.327 e. The van der Waals surface area contributed by atoms with Crippen molar-refractivity contribution in [1.29, 1.82) is 5.26 Å². The molecule has 28 heteroatoms. The molecule has 1 aromatic heterocycles. The van der Waals surface area contributed by atoms with E-state index < -0.39 is 81.1 Å². The summed E-state index contributed by atoms with van der Waals surface area (Å²) in [5, 5.41) is 9.10. The number of unbranched alkanes of at least 4 members (excludes halogenated alkanes) is 13. The number of anilines is 1. The number of nitriles is 1. The molecule has 6 rings (SSSR count). The first-order chi connectivity index (χ1) is 61.6. The topological polar surface area (TPSA) is 303 Å². The molecule has 0 N–H and O–H groups in total. The van der Waals surface area contributed by atoms with Gasteiger partial charge in [-0.05, 0) is 245 Å². The SMILES string of the molecule is CC(C)N(C(C)C)P(OCCC#N)OCCCCOc1cccc(C2=C(/C=C/C3=Nc4c(cc(S(=O)(=O)[O-])c[n+]4CCCS(=O)(=O)[O-])C3(C)C)CCC/C2=C\C=C2/N(CCCS(=O)(=O)[O-])c3ccc(S(=O)(=O)[O-])cc3C2(C)C)c1.CCCC[N+](CCCC)(CCCC)CCCC.CCCC[N+](CCCC)(CCCC)CCCC.CCCC[N+](CCCC)(CCCC)CCCC. The molecule has 1 atom stereocenters. The van der Waals surface area contributed by atoms with E-state index in [0.29, 0.717) is 85.1 Å². The second kappa shape index (κ2) is 61.4. The van der Waals surface area contributed by atoms with Crippen LogP contribution in [0, 0.1) is 11.3 Å². The highest BCUT2D eigenvalue weighted by Gasteiger charge is 2.44. The van der Waals surface area contributed by atoms with Crippen molar-refractivity contribution in [3.8, 4) is 11.8 Å². The molecule has 3 aliphatic rings. The molecule has 3 heterocycles. The van der Waals surface area contributed by atoms with Gasteiger partial charge in [-0.3, -0.25) is 0 Å². The van der Waals surface area contributed by atoms with Gasteiger partial charge >= 0.3 is 5.82 Å². The van der Waals surface area contributed by atoms with Gasteiger partial charge in [0.05, 0.1) is 158 Å². The fourth-order valence-corrected chi connectivity index (χ4v) is 21.6. The number of pyridine rings is 1. The Hall–Kier alpha value is -4.86. The van der Waals surface area contributed by atoms with Crippen LogP contribution in [0.5, 0.6) is 5.75 Å². The molecule has 0 saturated heterocycles. The van der Waals surface area contributed by atoms with Gasteiger partial charge in [0.15, 0.2) is 5.71 Å². The zero-order valence-electron chi connectivity index (χ0n) is 84.5. The van der Waals surface area contributed by atoms with Crippen molar-refractivity contribution in [2.24, 2.45) is 4.99 Å². The van der Waals surface area contributed by atoms with Gasteiger partial charge in [-0.15, -0.1) is 0 Å². The number of hydrogen-bond donors (Lipinski definition) is 0. The lowest BCUT2D eigenvalue weighted by Crippen LogP contribution is -2.50. The van der Waals surface area contributed by atoms with Gasteiger partial charge in [0.2, 0.25) is 0 Å². The number of allylic oxidation sites excluding steroid dienone is 8. The number of aliphatic imine (C=N–C) groups is 1. The maximum atomic E-state index is 12.4. The minimum Gasteiger partial charge on any atom is -0.748 e. The van der Waals surface area contributed by atoms with E-state index in [-0.39, 0.29) is 51.0 Å². The molecule has 0 fully saturated rings. The Morgan fingerprint density at radius 2 is 0.931 bits per heavy atom. The summed E-state index contributed by atoms with van der Waals surface area (Å²) in [5.41, 5.74) is 4.20. The second-order valence-electron chi connectivity index (χ2n) is 38.1. The van der Waals surface area contributed by atoms with E-state index in [1.807, 2.05) is 81.2 Å². The van der Waals surface area contributed by atoms with Crippen LogP contribution in [0.4, 0.5) is 11.5 Å². The minimum absolute atomic E-state index is 0.0368. The third kappa shape index (κ3) is 41.6. The first-order valence-corrected chi connectivity index (χ1v) is 57.4. The molecular weight excluding hydrogens is 1740 g/mol. The minimum atomic E-state index is -4.97. The highest BCUT2D eigenvalue weighted by atomic mass is 32.2. The lowest BCUT2D eigenvalue weighted by molar-refractivity contribution is -0.929. The molecule has 130 heavy (non-hydrogen) atoms. The number of hydrogen-bond acceptors (Lipinski definition) is 19. The van der Waals surface area contributed by atoms with Gasteiger partial charge in [-0.1, -0.05) is 198 Å². The van der Waals surface area contributed by atoms with E-state index in [0.717, 1.165) is 28.5 Å². The number of ether oxygens (including phenoxy) is 1. The van der Waals surface area contributed by atoms with Crippen LogP contribution in [0.15, 0.2) is 111 Å². The number of aromatic nitrogens is 1. The van der Waals surface area contributed by atoms with Crippen molar-refractivity contribution in [2.45, 2.75) is 383 Å². The maximum Gasteiger partial charge on any atom is 0.327 e. The zero-order valence-corrected chi connectivity index (χ0v) is 88.7. The molecule has 0 radical (unpaired) electrons. The molecule has 2 aliphatic heterocycles. The van der Waals surface area contributed by atoms with Crippen molar-refractivity contribution >= 4 is 71.8 Å². The highest BCUT2D eigenvalue weighted by Crippen LogP contribution is 2.50. The average molecular weight is 1910 g/mol. The molecular formula is C102H177N8O15PS4. The summed E-state index contributed by atoms with van der Waals surface area (Å²) in [6, 6.07) is 15.4. The van der Waals surface area contributed by atoms with Crippen molar-refractivity contribution in [3.05, 3.63) is 113 Å². The quantitative estimate of drug-likeness (QED) is 0.0167. The van der Waals surface area contributed by atoms with Gasteiger partial charge < -0.3 is 50.3 Å². The van der Waals surface area contributed by atoms with Crippen molar-refractivity contribution in [2.75, 3.05) is 121 Å². The number of aryl methyl sites for hydroxylation is 1. The van der Waals surface area contributed by atoms with E-state index in [4.69, 9.17) is 24.0 Å². The van der Waals surface area contributed by atoms with E-state index >= 15 is 0 Å². The molecule has 3 aromatic rings. The van der Waals surface area contributed by atoms with Gasteiger partial charge in [0.25, 0.3) is 8.53 Å². The predicted octanol–water partition coefficient (Wildman–Crippen LogP) is 23.3. The van der Waals surface area contributed by atoms with Crippen molar-refractivity contribution < 1.29 is 83.7 Å². The third-order valence-corrected chi connectivity index (χ3v) is 31.0. The number of rotatable bonds is 63. The predicted molar refractivity (Wildman–Crippen MR) is 534 cm³/mol. The van der Waals surface area contributed by atoms with Crippen LogP contribution >= 0.6 is 8.53 Å². The van der Waals surface area contributed by atoms with E-state index in [1.165, 1.54) is 275 Å². The lowest BCUT2D eigenvalue weighted by atomic mass is 9.80. The van der Waals surface area contributed by atoms with E-state index in [1.54, 1.807) is 0 Å². The number of benzene rings is 2. The van der Waals surface area contributed by atoms with Crippen LogP contribution < -0.4 is 14.2 Å². The molecule has 0 amide bonds. The average Bonchev–Trinajstić information content (AvgIpc) is 1.59. The Bertz CT molecular complexity index is 4260. The molecule has 2 aromatic carbocycles. The van der Waals surface area contributed by atoms with Crippen LogP contribution in [0.1, 0.15) is 361 Å². The lowest BCUT2D eigenvalue weighted by Gasteiger charge is -2.39. The zero-order chi connectivity index (χ0) is 97.3. The van der Waals surface area contributed by atoms with Crippen LogP contribution in [-0.4, -0.2) is 204 Å². The summed E-state index contributed by atoms with van der Waals surface area (Å²) < 4.78 is 170. The third-order valence-electron chi connectivity index (χ3n) is 25.7. The normalized spacial score (nSPS) is 15.7. The summed E-state index contributed by atoms with van der Waals surface area (Å²) in [4.78, 5) is 5.79. The van der Waals surface area contributed by atoms with E-state index in [9.17, 15) is 51.9 Å². The van der Waals surface area contributed by atoms with Crippen LogP contribution in [0.3, 0.4) is 0 Å². The Morgan fingerprint density at radius 1 is 0.508 bits per heavy atom. The van der Waals surface area contributed by atoms with Gasteiger partial charge in [-0.25, -0.2) is 42.9 Å². The Balaban J connectivity index is 0.000000684. The van der Waals surface area contributed by atoms with Crippen LogP contribution in [0.2, 0.25) is 0 Å². The van der Waals surface area contributed by atoms with Gasteiger partial charge in [0.1, 0.15) is 32.2 Å². The van der Waals surface area contributed by atoms with E-state index in [2.05, 4.69) is 122 Å². The molecule has 1 aliphatic carbocycles. The van der Waals surface area contributed by atoms with Crippen LogP contribution in [0.25, 0.3) is 5.57 Å². The summed E-state index contributed by atoms with van der Waals surface area (Å²) >= 11 is 0. The Labute approximate surface area is 794 Å². The molecule has 0 saturated carbocycles. The molecule has 23 nitrogen and oxygen atoms in total. The molecule has 1 unspecified atom stereocenters. The number of quaternary nitrogens is 3. The second-order valence-corrected chi connectivity index (χ2v) is 45.3. The summed E-state index contributed by atoms with van der Waals surface area (Å²) in [7, 11) is -20.4. The highest BCUT2D eigenvalue weighted by molar-refractivity contribution is 7.86. The first kappa shape index (κ1) is 119. The monoisotopic (exact) mass is 1910 g/mol. The van der Waals surface area contributed by atoms with Crippen LogP contribution in [-0.2, 0) is 66.9 Å². The molecule has 0 bridgehead atoms. The van der Waals surface area contributed by atoms with Crippen molar-refractivity contribution in [3.63, 3.8) is 0 Å². The summed E-state index contributed by atoms with van der Waals surface area (Å²) in [6.07, 6.45) is 45.2. The molecule has 0 spiro atoms. The Morgan fingerprint density at radius 3 is 1.35 bits per heavy atom. The van der Waals surface area contributed by atoms with Gasteiger partial charge in [-0.2, -0.15) is 5.26 Å². The first-order valence-electron chi connectivity index (χ1n) is 50.3. The maximum absolute atomic E-state index is 12.4. The molecule has 744 valence electrons. The number of nitrogens with zero attached hydrogens (tertiary/aromatic N) is 8. The van der Waals surface area contributed by atoms with Gasteiger partial charge in [0, 0.05) is 46.9 Å². The fraction of sp³-hybridized carbons (Fsp3) is 0.735.